The summed E-state index contributed by atoms with van der Waals surface area (Å²) in [4.78, 5) is 38.2. The van der Waals surface area contributed by atoms with Crippen LogP contribution in [0.4, 0.5) is 0 Å². The number of aryl methyl sites for hydroxylation is 1. The summed E-state index contributed by atoms with van der Waals surface area (Å²) in [6.45, 7) is 2.87. The summed E-state index contributed by atoms with van der Waals surface area (Å²) in [7, 11) is 0. The van der Waals surface area contributed by atoms with Crippen molar-refractivity contribution in [1.29, 1.82) is 0 Å². The standard InChI is InChI=1S/C23H30N2O6/c1-14(2)9-18(20(28)23(12-27)13-31-23)24-22(30)19(11-26)25-21(29)17-8-7-15-5-3-4-6-16(15)10-17/h3-6,10,14,18-19,26-27H,7-9,11-13H2,1-2H3,(H,24,30)(H,25,29)/t18-,19-,23+/m0/s1. The number of carbonyl (C=O) groups is 3. The van der Waals surface area contributed by atoms with Gasteiger partial charge in [-0.15, -0.1) is 0 Å². The molecule has 8 nitrogen and oxygen atoms in total. The van der Waals surface area contributed by atoms with Crippen LogP contribution in [0.5, 0.6) is 0 Å². The lowest BCUT2D eigenvalue weighted by atomic mass is 9.91. The molecule has 0 radical (unpaired) electrons. The lowest BCUT2D eigenvalue weighted by molar-refractivity contribution is -0.134. The van der Waals surface area contributed by atoms with Crippen LogP contribution in [0.3, 0.4) is 0 Å². The van der Waals surface area contributed by atoms with E-state index in [1.165, 1.54) is 0 Å². The fourth-order valence-corrected chi connectivity index (χ4v) is 3.75. The number of rotatable bonds is 10. The number of ether oxygens (including phenoxy) is 1. The highest BCUT2D eigenvalue weighted by Crippen LogP contribution is 2.30. The Morgan fingerprint density at radius 2 is 1.81 bits per heavy atom. The van der Waals surface area contributed by atoms with Gasteiger partial charge in [-0.05, 0) is 42.4 Å². The maximum absolute atomic E-state index is 12.8. The number of hydrogen-bond donors (Lipinski definition) is 4. The first-order valence-corrected chi connectivity index (χ1v) is 10.6. The molecule has 8 heteroatoms. The predicted molar refractivity (Wildman–Crippen MR) is 114 cm³/mol. The number of benzene rings is 1. The van der Waals surface area contributed by atoms with Crippen molar-refractivity contribution in [2.45, 2.75) is 50.8 Å². The molecule has 1 aliphatic carbocycles. The van der Waals surface area contributed by atoms with Crippen LogP contribution < -0.4 is 10.6 Å². The van der Waals surface area contributed by atoms with E-state index in [2.05, 4.69) is 10.6 Å². The molecule has 1 saturated heterocycles. The molecule has 0 aromatic heterocycles. The third-order valence-corrected chi connectivity index (χ3v) is 5.68. The molecule has 1 aromatic rings. The molecule has 0 unspecified atom stereocenters. The Hall–Kier alpha value is -2.55. The van der Waals surface area contributed by atoms with Crippen molar-refractivity contribution >= 4 is 23.7 Å². The summed E-state index contributed by atoms with van der Waals surface area (Å²) in [5.74, 6) is -1.38. The smallest absolute Gasteiger partial charge is 0.247 e. The molecule has 1 aliphatic heterocycles. The lowest BCUT2D eigenvalue weighted by Gasteiger charge is -2.25. The van der Waals surface area contributed by atoms with Crippen LogP contribution in [-0.4, -0.2) is 65.3 Å². The number of hydrogen-bond acceptors (Lipinski definition) is 6. The molecule has 3 atom stereocenters. The number of epoxide rings is 1. The van der Waals surface area contributed by atoms with Gasteiger partial charge < -0.3 is 25.6 Å². The van der Waals surface area contributed by atoms with Crippen molar-refractivity contribution < 1.29 is 29.3 Å². The van der Waals surface area contributed by atoms with E-state index in [9.17, 15) is 24.6 Å². The summed E-state index contributed by atoms with van der Waals surface area (Å²) in [5.41, 5.74) is 1.40. The molecule has 0 spiro atoms. The summed E-state index contributed by atoms with van der Waals surface area (Å²) >= 11 is 0. The zero-order valence-electron chi connectivity index (χ0n) is 17.9. The highest BCUT2D eigenvalue weighted by molar-refractivity contribution is 6.02. The Morgan fingerprint density at radius 1 is 1.10 bits per heavy atom. The molecular formula is C23H30N2O6. The van der Waals surface area contributed by atoms with E-state index in [0.29, 0.717) is 18.4 Å². The van der Waals surface area contributed by atoms with E-state index >= 15 is 0 Å². The zero-order chi connectivity index (χ0) is 22.6. The number of Topliss-reactive ketones (excluding diaryl/α,β-unsaturated/α-hetero) is 1. The van der Waals surface area contributed by atoms with Crippen molar-refractivity contribution in [3.05, 3.63) is 41.0 Å². The third kappa shape index (κ3) is 5.39. The molecule has 168 valence electrons. The Labute approximate surface area is 181 Å². The molecular weight excluding hydrogens is 400 g/mol. The van der Waals surface area contributed by atoms with E-state index in [0.717, 1.165) is 17.5 Å². The Bertz CT molecular complexity index is 875. The molecule has 2 aliphatic rings. The molecule has 0 saturated carbocycles. The Balaban J connectivity index is 1.66. The summed E-state index contributed by atoms with van der Waals surface area (Å²) < 4.78 is 5.13. The van der Waals surface area contributed by atoms with Crippen molar-refractivity contribution in [2.24, 2.45) is 5.92 Å². The van der Waals surface area contributed by atoms with Gasteiger partial charge in [0.1, 0.15) is 6.04 Å². The molecule has 31 heavy (non-hydrogen) atoms. The zero-order valence-corrected chi connectivity index (χ0v) is 17.9. The minimum Gasteiger partial charge on any atom is -0.394 e. The minimum atomic E-state index is -1.26. The largest absolute Gasteiger partial charge is 0.394 e. The SMILES string of the molecule is CC(C)C[C@H](NC(=O)[C@H](CO)NC(=O)C1=Cc2ccccc2CC1)C(=O)[C@@]1(CO)CO1. The van der Waals surface area contributed by atoms with Crippen molar-refractivity contribution in [3.8, 4) is 0 Å². The van der Waals surface area contributed by atoms with Gasteiger partial charge in [0.2, 0.25) is 11.8 Å². The van der Waals surface area contributed by atoms with Gasteiger partial charge in [0.15, 0.2) is 11.4 Å². The van der Waals surface area contributed by atoms with Gasteiger partial charge in [0, 0.05) is 5.57 Å². The van der Waals surface area contributed by atoms with Crippen LogP contribution in [0.25, 0.3) is 6.08 Å². The fourth-order valence-electron chi connectivity index (χ4n) is 3.75. The van der Waals surface area contributed by atoms with Gasteiger partial charge in [-0.1, -0.05) is 38.1 Å². The highest BCUT2D eigenvalue weighted by Gasteiger charge is 2.54. The first-order valence-electron chi connectivity index (χ1n) is 10.6. The van der Waals surface area contributed by atoms with E-state index in [-0.39, 0.29) is 12.5 Å². The third-order valence-electron chi connectivity index (χ3n) is 5.68. The fraction of sp³-hybridized carbons (Fsp3) is 0.522. The van der Waals surface area contributed by atoms with E-state index in [1.54, 1.807) is 6.08 Å². The maximum Gasteiger partial charge on any atom is 0.247 e. The summed E-state index contributed by atoms with van der Waals surface area (Å²) in [5, 5.41) is 24.4. The molecule has 1 aromatic carbocycles. The number of aliphatic hydroxyl groups is 2. The number of amides is 2. The average Bonchev–Trinajstić information content (AvgIpc) is 3.56. The van der Waals surface area contributed by atoms with Gasteiger partial charge in [-0.2, -0.15) is 0 Å². The second-order valence-electron chi connectivity index (χ2n) is 8.57. The number of fused-ring (bicyclic) bond motifs is 1. The summed E-state index contributed by atoms with van der Waals surface area (Å²) in [6.07, 6.45) is 3.40. The van der Waals surface area contributed by atoms with Crippen molar-refractivity contribution in [1.82, 2.24) is 10.6 Å². The molecule has 2 amide bonds. The van der Waals surface area contributed by atoms with Gasteiger partial charge in [0.25, 0.3) is 0 Å². The number of ketones is 1. The number of carbonyl (C=O) groups excluding carboxylic acids is 3. The molecule has 0 bridgehead atoms. The van der Waals surface area contributed by atoms with Gasteiger partial charge in [-0.25, -0.2) is 0 Å². The highest BCUT2D eigenvalue weighted by atomic mass is 16.6. The van der Waals surface area contributed by atoms with Crippen LogP contribution in [0.15, 0.2) is 29.8 Å². The van der Waals surface area contributed by atoms with Crippen molar-refractivity contribution in [3.63, 3.8) is 0 Å². The monoisotopic (exact) mass is 430 g/mol. The summed E-state index contributed by atoms with van der Waals surface area (Å²) in [6, 6.07) is 5.71. The van der Waals surface area contributed by atoms with Gasteiger partial charge >= 0.3 is 0 Å². The number of nitrogens with one attached hydrogen (secondary N) is 2. The van der Waals surface area contributed by atoms with Crippen LogP contribution in [0.1, 0.15) is 37.8 Å². The minimum absolute atomic E-state index is 0.0957. The van der Waals surface area contributed by atoms with Crippen molar-refractivity contribution in [2.75, 3.05) is 19.8 Å². The van der Waals surface area contributed by atoms with Crippen LogP contribution >= 0.6 is 0 Å². The van der Waals surface area contributed by atoms with Crippen LogP contribution in [0, 0.1) is 5.92 Å². The predicted octanol–water partition coefficient (Wildman–Crippen LogP) is 0.355. The lowest BCUT2D eigenvalue weighted by Crippen LogP contribution is -2.55. The van der Waals surface area contributed by atoms with E-state index in [1.807, 2.05) is 38.1 Å². The maximum atomic E-state index is 12.8. The second-order valence-corrected chi connectivity index (χ2v) is 8.57. The van der Waals surface area contributed by atoms with Gasteiger partial charge in [0.05, 0.1) is 25.9 Å². The molecule has 1 fully saturated rings. The first kappa shape index (κ1) is 23.1. The molecule has 1 heterocycles. The van der Waals surface area contributed by atoms with E-state index < -0.39 is 48.5 Å². The number of aliphatic hydroxyl groups excluding tert-OH is 2. The first-order chi connectivity index (χ1) is 14.8. The normalized spacial score (nSPS) is 21.5. The quantitative estimate of drug-likeness (QED) is 0.397. The Kier molecular flexibility index (Phi) is 7.25. The van der Waals surface area contributed by atoms with E-state index in [4.69, 9.17) is 4.74 Å². The topological polar surface area (TPSA) is 128 Å². The van der Waals surface area contributed by atoms with Gasteiger partial charge in [-0.3, -0.25) is 14.4 Å². The molecule has 3 rings (SSSR count). The average molecular weight is 431 g/mol. The molecule has 4 N–H and O–H groups in total. The Morgan fingerprint density at radius 3 is 2.42 bits per heavy atom. The van der Waals surface area contributed by atoms with Crippen LogP contribution in [0.2, 0.25) is 0 Å². The second kappa shape index (κ2) is 9.72. The van der Waals surface area contributed by atoms with Crippen LogP contribution in [-0.2, 0) is 25.5 Å².